The molecule has 0 saturated carbocycles. The van der Waals surface area contributed by atoms with E-state index >= 15 is 0 Å². The molecule has 1 N–H and O–H groups in total. The van der Waals surface area contributed by atoms with Crippen molar-refractivity contribution in [3.8, 4) is 11.5 Å². The Kier molecular flexibility index (Phi) is 5.48. The van der Waals surface area contributed by atoms with Crippen molar-refractivity contribution in [2.24, 2.45) is 0 Å². The van der Waals surface area contributed by atoms with Crippen LogP contribution in [0.25, 0.3) is 0 Å². The van der Waals surface area contributed by atoms with Gasteiger partial charge in [0.15, 0.2) is 11.5 Å². The van der Waals surface area contributed by atoms with Crippen LogP contribution in [0.3, 0.4) is 0 Å². The molecule has 1 heterocycles. The number of anilines is 2. The van der Waals surface area contributed by atoms with Crippen LogP contribution in [0.15, 0.2) is 40.9 Å². The minimum atomic E-state index is -0.165. The molecule has 25 heavy (non-hydrogen) atoms. The van der Waals surface area contributed by atoms with E-state index in [-0.39, 0.29) is 5.91 Å². The topological polar surface area (TPSA) is 50.8 Å². The molecule has 5 nitrogen and oxygen atoms in total. The molecule has 1 aliphatic rings. The van der Waals surface area contributed by atoms with E-state index in [1.807, 2.05) is 37.4 Å². The smallest absolute Gasteiger partial charge is 0.255 e. The first-order valence-electron chi connectivity index (χ1n) is 8.30. The lowest BCUT2D eigenvalue weighted by atomic mass is 10.1. The fourth-order valence-electron chi connectivity index (χ4n) is 2.69. The van der Waals surface area contributed by atoms with Crippen molar-refractivity contribution in [2.75, 3.05) is 37.0 Å². The van der Waals surface area contributed by atoms with Gasteiger partial charge in [-0.05, 0) is 46.6 Å². The molecular formula is C19H21BrN2O3. The molecule has 1 amide bonds. The van der Waals surface area contributed by atoms with Crippen molar-refractivity contribution in [1.29, 1.82) is 0 Å². The summed E-state index contributed by atoms with van der Waals surface area (Å²) < 4.78 is 11.9. The minimum absolute atomic E-state index is 0.165. The summed E-state index contributed by atoms with van der Waals surface area (Å²) in [6, 6.07) is 11.2. The van der Waals surface area contributed by atoms with E-state index in [1.165, 1.54) is 0 Å². The fourth-order valence-corrected chi connectivity index (χ4v) is 3.11. The largest absolute Gasteiger partial charge is 0.486 e. The molecule has 0 radical (unpaired) electrons. The van der Waals surface area contributed by atoms with E-state index in [0.717, 1.165) is 23.1 Å². The summed E-state index contributed by atoms with van der Waals surface area (Å²) >= 11 is 3.47. The molecule has 6 heteroatoms. The number of nitrogens with zero attached hydrogens (tertiary/aromatic N) is 1. The number of carbonyl (C=O) groups excluding carboxylic acids is 1. The van der Waals surface area contributed by atoms with Crippen LogP contribution < -0.4 is 19.7 Å². The van der Waals surface area contributed by atoms with Gasteiger partial charge in [0.2, 0.25) is 0 Å². The van der Waals surface area contributed by atoms with E-state index in [1.54, 1.807) is 6.07 Å². The zero-order valence-corrected chi connectivity index (χ0v) is 15.9. The number of hydrogen-bond acceptors (Lipinski definition) is 4. The second kappa shape index (κ2) is 7.78. The van der Waals surface area contributed by atoms with Crippen LogP contribution >= 0.6 is 15.9 Å². The van der Waals surface area contributed by atoms with E-state index in [2.05, 4.69) is 33.1 Å². The summed E-state index contributed by atoms with van der Waals surface area (Å²) in [4.78, 5) is 14.7. The summed E-state index contributed by atoms with van der Waals surface area (Å²) in [5, 5.41) is 2.92. The van der Waals surface area contributed by atoms with E-state index in [0.29, 0.717) is 36.0 Å². The average Bonchev–Trinajstić information content (AvgIpc) is 2.62. The van der Waals surface area contributed by atoms with Gasteiger partial charge in [0, 0.05) is 41.4 Å². The maximum absolute atomic E-state index is 12.5. The van der Waals surface area contributed by atoms with Crippen LogP contribution in [0, 0.1) is 0 Å². The Morgan fingerprint density at radius 3 is 2.44 bits per heavy atom. The molecule has 0 spiro atoms. The number of carbonyl (C=O) groups is 1. The van der Waals surface area contributed by atoms with E-state index in [9.17, 15) is 4.79 Å². The van der Waals surface area contributed by atoms with Crippen LogP contribution in [-0.2, 0) is 0 Å². The van der Waals surface area contributed by atoms with Crippen molar-refractivity contribution in [3.63, 3.8) is 0 Å². The SMILES string of the molecule is CCCN(C)c1ccc(C(=O)Nc2cc3c(cc2Br)OCCO3)cc1. The quantitative estimate of drug-likeness (QED) is 0.805. The highest BCUT2D eigenvalue weighted by atomic mass is 79.9. The van der Waals surface area contributed by atoms with Gasteiger partial charge in [0.25, 0.3) is 5.91 Å². The molecule has 0 atom stereocenters. The Balaban J connectivity index is 1.74. The Hall–Kier alpha value is -2.21. The number of benzene rings is 2. The molecule has 0 aromatic heterocycles. The number of fused-ring (bicyclic) bond motifs is 1. The zero-order chi connectivity index (χ0) is 17.8. The molecule has 0 unspecified atom stereocenters. The van der Waals surface area contributed by atoms with Gasteiger partial charge in [-0.15, -0.1) is 0 Å². The van der Waals surface area contributed by atoms with Crippen LogP contribution in [0.2, 0.25) is 0 Å². The summed E-state index contributed by atoms with van der Waals surface area (Å²) in [7, 11) is 2.05. The molecule has 1 aliphatic heterocycles. The molecule has 0 aliphatic carbocycles. The molecule has 132 valence electrons. The highest BCUT2D eigenvalue weighted by Gasteiger charge is 2.16. The first kappa shape index (κ1) is 17.6. The fraction of sp³-hybridized carbons (Fsp3) is 0.316. The van der Waals surface area contributed by atoms with Crippen molar-refractivity contribution in [1.82, 2.24) is 0 Å². The van der Waals surface area contributed by atoms with Crippen molar-refractivity contribution in [3.05, 3.63) is 46.4 Å². The maximum Gasteiger partial charge on any atom is 0.255 e. The number of hydrogen-bond donors (Lipinski definition) is 1. The lowest BCUT2D eigenvalue weighted by Gasteiger charge is -2.20. The summed E-state index contributed by atoms with van der Waals surface area (Å²) in [5.74, 6) is 1.16. The number of ether oxygens (including phenoxy) is 2. The second-order valence-corrected chi connectivity index (χ2v) is 6.75. The van der Waals surface area contributed by atoms with Crippen LogP contribution in [0.5, 0.6) is 11.5 Å². The second-order valence-electron chi connectivity index (χ2n) is 5.90. The van der Waals surface area contributed by atoms with Crippen molar-refractivity contribution >= 4 is 33.2 Å². The number of rotatable bonds is 5. The van der Waals surface area contributed by atoms with Gasteiger partial charge in [0.05, 0.1) is 5.69 Å². The van der Waals surface area contributed by atoms with Gasteiger partial charge in [-0.25, -0.2) is 0 Å². The molecule has 2 aromatic rings. The Morgan fingerprint density at radius 2 is 1.80 bits per heavy atom. The summed E-state index contributed by atoms with van der Waals surface area (Å²) in [6.07, 6.45) is 1.08. The minimum Gasteiger partial charge on any atom is -0.486 e. The van der Waals surface area contributed by atoms with Gasteiger partial charge in [-0.3, -0.25) is 4.79 Å². The molecule has 2 aromatic carbocycles. The number of amides is 1. The predicted molar refractivity (Wildman–Crippen MR) is 103 cm³/mol. The highest BCUT2D eigenvalue weighted by Crippen LogP contribution is 2.38. The van der Waals surface area contributed by atoms with E-state index in [4.69, 9.17) is 9.47 Å². The van der Waals surface area contributed by atoms with Crippen molar-refractivity contribution < 1.29 is 14.3 Å². The molecule has 3 rings (SSSR count). The summed E-state index contributed by atoms with van der Waals surface area (Å²) in [5.41, 5.74) is 2.36. The Bertz CT molecular complexity index is 762. The normalized spacial score (nSPS) is 12.6. The third-order valence-electron chi connectivity index (χ3n) is 4.01. The highest BCUT2D eigenvalue weighted by molar-refractivity contribution is 9.10. The van der Waals surface area contributed by atoms with Gasteiger partial charge in [0.1, 0.15) is 13.2 Å². The first-order valence-corrected chi connectivity index (χ1v) is 9.09. The van der Waals surface area contributed by atoms with Gasteiger partial charge >= 0.3 is 0 Å². The standard InChI is InChI=1S/C19H21BrN2O3/c1-3-8-22(2)14-6-4-13(5-7-14)19(23)21-16-12-18-17(11-15(16)20)24-9-10-25-18/h4-7,11-12H,3,8-10H2,1-2H3,(H,21,23). The van der Waals surface area contributed by atoms with Gasteiger partial charge in [-0.2, -0.15) is 0 Å². The lowest BCUT2D eigenvalue weighted by molar-refractivity contribution is 0.102. The Labute approximate surface area is 156 Å². The first-order chi connectivity index (χ1) is 12.1. The van der Waals surface area contributed by atoms with Crippen LogP contribution in [0.1, 0.15) is 23.7 Å². The monoisotopic (exact) mass is 404 g/mol. The van der Waals surface area contributed by atoms with Crippen LogP contribution in [-0.4, -0.2) is 32.7 Å². The number of nitrogens with one attached hydrogen (secondary N) is 1. The zero-order valence-electron chi connectivity index (χ0n) is 14.3. The molecular weight excluding hydrogens is 384 g/mol. The van der Waals surface area contributed by atoms with Crippen LogP contribution in [0.4, 0.5) is 11.4 Å². The third-order valence-corrected chi connectivity index (χ3v) is 4.67. The number of halogens is 1. The average molecular weight is 405 g/mol. The van der Waals surface area contributed by atoms with Gasteiger partial charge < -0.3 is 19.7 Å². The van der Waals surface area contributed by atoms with Gasteiger partial charge in [-0.1, -0.05) is 6.92 Å². The molecule has 0 bridgehead atoms. The predicted octanol–water partition coefficient (Wildman–Crippen LogP) is 4.32. The molecule has 0 saturated heterocycles. The summed E-state index contributed by atoms with van der Waals surface area (Å²) in [6.45, 7) is 4.16. The molecule has 0 fully saturated rings. The van der Waals surface area contributed by atoms with Crippen molar-refractivity contribution in [2.45, 2.75) is 13.3 Å². The maximum atomic E-state index is 12.5. The Morgan fingerprint density at radius 1 is 1.16 bits per heavy atom. The third kappa shape index (κ3) is 4.07. The lowest BCUT2D eigenvalue weighted by Crippen LogP contribution is -2.18. The van der Waals surface area contributed by atoms with E-state index < -0.39 is 0 Å².